The molecule has 25 heavy (non-hydrogen) atoms. The van der Waals surface area contributed by atoms with Crippen LogP contribution >= 0.6 is 0 Å². The summed E-state index contributed by atoms with van der Waals surface area (Å²) >= 11 is 0. The molecular weight excluding hydrogens is 318 g/mol. The number of carbonyl (C=O) groups excluding carboxylic acids is 2. The summed E-state index contributed by atoms with van der Waals surface area (Å²) in [5.41, 5.74) is 0.904. The van der Waals surface area contributed by atoms with Crippen molar-refractivity contribution in [3.8, 4) is 0 Å². The van der Waals surface area contributed by atoms with E-state index in [1.165, 1.54) is 0 Å². The Kier molecular flexibility index (Phi) is 4.31. The van der Waals surface area contributed by atoms with Crippen LogP contribution < -0.4 is 4.90 Å². The largest absolute Gasteiger partial charge is 0.353 e. The normalized spacial score (nSPS) is 24.6. The summed E-state index contributed by atoms with van der Waals surface area (Å²) in [7, 11) is 0. The molecule has 7 nitrogen and oxygen atoms in total. The van der Waals surface area contributed by atoms with Crippen LogP contribution in [-0.2, 0) is 9.59 Å². The number of anilines is 1. The van der Waals surface area contributed by atoms with Gasteiger partial charge in [-0.3, -0.25) is 9.59 Å². The van der Waals surface area contributed by atoms with Gasteiger partial charge in [-0.15, -0.1) is 5.10 Å². The van der Waals surface area contributed by atoms with Crippen molar-refractivity contribution < 1.29 is 9.59 Å². The maximum atomic E-state index is 12.9. The Morgan fingerprint density at radius 3 is 2.68 bits per heavy atom. The van der Waals surface area contributed by atoms with Crippen LogP contribution in [0.1, 0.15) is 31.4 Å². The predicted molar refractivity (Wildman–Crippen MR) is 93.0 cm³/mol. The van der Waals surface area contributed by atoms with Gasteiger partial charge >= 0.3 is 0 Å². The molecule has 3 aliphatic rings. The maximum Gasteiger partial charge on any atom is 0.228 e. The van der Waals surface area contributed by atoms with Gasteiger partial charge in [-0.25, -0.2) is 0 Å². The molecule has 3 fully saturated rings. The minimum absolute atomic E-state index is 0.147. The van der Waals surface area contributed by atoms with Crippen LogP contribution in [0, 0.1) is 12.8 Å². The highest BCUT2D eigenvalue weighted by molar-refractivity contribution is 5.89. The van der Waals surface area contributed by atoms with Gasteiger partial charge in [-0.2, -0.15) is 5.10 Å². The van der Waals surface area contributed by atoms with E-state index >= 15 is 0 Å². The average molecular weight is 343 g/mol. The third-order valence-electron chi connectivity index (χ3n) is 5.41. The molecule has 0 radical (unpaired) electrons. The van der Waals surface area contributed by atoms with Crippen molar-refractivity contribution in [2.45, 2.75) is 38.6 Å². The number of aromatic nitrogens is 2. The van der Waals surface area contributed by atoms with Crippen molar-refractivity contribution in [3.63, 3.8) is 0 Å². The van der Waals surface area contributed by atoms with E-state index < -0.39 is 0 Å². The van der Waals surface area contributed by atoms with Gasteiger partial charge in [-0.1, -0.05) is 0 Å². The molecule has 0 bridgehead atoms. The van der Waals surface area contributed by atoms with Crippen LogP contribution in [-0.4, -0.2) is 70.6 Å². The number of rotatable bonds is 3. The van der Waals surface area contributed by atoms with Crippen molar-refractivity contribution in [1.29, 1.82) is 0 Å². The lowest BCUT2D eigenvalue weighted by Crippen LogP contribution is -2.40. The van der Waals surface area contributed by atoms with Crippen LogP contribution in [0.15, 0.2) is 12.1 Å². The second kappa shape index (κ2) is 6.61. The number of aryl methyl sites for hydroxylation is 1. The van der Waals surface area contributed by atoms with Gasteiger partial charge in [-0.05, 0) is 38.3 Å². The van der Waals surface area contributed by atoms with Crippen LogP contribution in [0.2, 0.25) is 0 Å². The smallest absolute Gasteiger partial charge is 0.228 e. The fraction of sp³-hybridized carbons (Fsp3) is 0.667. The van der Waals surface area contributed by atoms with E-state index in [1.807, 2.05) is 28.9 Å². The molecule has 0 aromatic carbocycles. The first kappa shape index (κ1) is 16.3. The number of hydrogen-bond acceptors (Lipinski definition) is 5. The van der Waals surface area contributed by atoms with Gasteiger partial charge in [0.1, 0.15) is 0 Å². The summed E-state index contributed by atoms with van der Waals surface area (Å²) in [4.78, 5) is 31.0. The molecule has 1 aliphatic carbocycles. The number of hydrogen-bond donors (Lipinski definition) is 0. The molecule has 3 heterocycles. The molecule has 0 N–H and O–H groups in total. The first-order valence-corrected chi connectivity index (χ1v) is 9.25. The van der Waals surface area contributed by atoms with Crippen molar-refractivity contribution in [2.75, 3.05) is 37.6 Å². The molecule has 4 rings (SSSR count). The maximum absolute atomic E-state index is 12.9. The highest BCUT2D eigenvalue weighted by atomic mass is 16.2. The third-order valence-corrected chi connectivity index (χ3v) is 5.41. The quantitative estimate of drug-likeness (QED) is 0.813. The first-order chi connectivity index (χ1) is 12.1. The molecule has 1 saturated carbocycles. The van der Waals surface area contributed by atoms with Gasteiger partial charge in [0.25, 0.3) is 0 Å². The highest BCUT2D eigenvalue weighted by Crippen LogP contribution is 2.33. The van der Waals surface area contributed by atoms with Crippen LogP contribution in [0.25, 0.3) is 0 Å². The second-order valence-corrected chi connectivity index (χ2v) is 7.38. The number of carbonyl (C=O) groups is 2. The first-order valence-electron chi connectivity index (χ1n) is 9.25. The fourth-order valence-corrected chi connectivity index (χ4v) is 3.82. The monoisotopic (exact) mass is 343 g/mol. The van der Waals surface area contributed by atoms with Crippen LogP contribution in [0.5, 0.6) is 0 Å². The minimum atomic E-state index is -0.154. The Morgan fingerprint density at radius 1 is 1.12 bits per heavy atom. The van der Waals surface area contributed by atoms with Gasteiger partial charge < -0.3 is 14.7 Å². The number of nitrogens with zero attached hydrogens (tertiary/aromatic N) is 5. The number of likely N-dealkylation sites (tertiary alicyclic amines) is 1. The van der Waals surface area contributed by atoms with Gasteiger partial charge in [0.2, 0.25) is 11.8 Å². The highest BCUT2D eigenvalue weighted by Gasteiger charge is 2.42. The zero-order valence-electron chi connectivity index (χ0n) is 14.7. The molecular formula is C18H25N5O2. The van der Waals surface area contributed by atoms with Gasteiger partial charge in [0.05, 0.1) is 11.6 Å². The summed E-state index contributed by atoms with van der Waals surface area (Å²) in [6, 6.07) is 4.36. The Labute approximate surface area is 148 Å². The molecule has 2 saturated heterocycles. The summed E-state index contributed by atoms with van der Waals surface area (Å²) < 4.78 is 0. The van der Waals surface area contributed by atoms with Crippen molar-refractivity contribution >= 4 is 17.6 Å². The standard InChI is InChI=1S/C18H25N5O2/c1-13-3-6-16(20-19-13)21-7-2-8-22(10-9-21)18(25)14-11-17(24)23(12-14)15-4-5-15/h3,6,14-15H,2,4-5,7-12H2,1H3/t14-/m1/s1. The van der Waals surface area contributed by atoms with Crippen molar-refractivity contribution in [2.24, 2.45) is 5.92 Å². The SMILES string of the molecule is Cc1ccc(N2CCCN(C(=O)[C@@H]3CC(=O)N(C4CC4)C3)CC2)nn1. The fourth-order valence-electron chi connectivity index (χ4n) is 3.82. The Balaban J connectivity index is 1.36. The molecule has 2 aliphatic heterocycles. The van der Waals surface area contributed by atoms with E-state index in [9.17, 15) is 9.59 Å². The molecule has 1 atom stereocenters. The lowest BCUT2D eigenvalue weighted by Gasteiger charge is -2.24. The van der Waals surface area contributed by atoms with E-state index in [0.29, 0.717) is 25.6 Å². The zero-order chi connectivity index (χ0) is 17.4. The van der Waals surface area contributed by atoms with Gasteiger partial charge in [0, 0.05) is 45.2 Å². The van der Waals surface area contributed by atoms with E-state index in [1.54, 1.807) is 0 Å². The lowest BCUT2D eigenvalue weighted by atomic mass is 10.1. The third kappa shape index (κ3) is 3.45. The topological polar surface area (TPSA) is 69.6 Å². The molecule has 1 aromatic heterocycles. The molecule has 0 unspecified atom stereocenters. The van der Waals surface area contributed by atoms with Crippen LogP contribution in [0.3, 0.4) is 0 Å². The average Bonchev–Trinajstić information content (AvgIpc) is 3.41. The molecule has 7 heteroatoms. The number of amides is 2. The van der Waals surface area contributed by atoms with Gasteiger partial charge in [0.15, 0.2) is 5.82 Å². The lowest BCUT2D eigenvalue weighted by molar-refractivity contribution is -0.135. The van der Waals surface area contributed by atoms with Crippen LogP contribution in [0.4, 0.5) is 5.82 Å². The second-order valence-electron chi connectivity index (χ2n) is 7.38. The Hall–Kier alpha value is -2.18. The molecule has 134 valence electrons. The summed E-state index contributed by atoms with van der Waals surface area (Å²) in [5, 5.41) is 8.38. The Morgan fingerprint density at radius 2 is 1.96 bits per heavy atom. The van der Waals surface area contributed by atoms with Crippen molar-refractivity contribution in [3.05, 3.63) is 17.8 Å². The molecule has 0 spiro atoms. The summed E-state index contributed by atoms with van der Waals surface area (Å²) in [6.07, 6.45) is 3.50. The Bertz CT molecular complexity index is 658. The summed E-state index contributed by atoms with van der Waals surface area (Å²) in [5.74, 6) is 1.02. The molecule has 1 aromatic rings. The van der Waals surface area contributed by atoms with E-state index in [0.717, 1.165) is 50.4 Å². The van der Waals surface area contributed by atoms with Crippen molar-refractivity contribution in [1.82, 2.24) is 20.0 Å². The summed E-state index contributed by atoms with van der Waals surface area (Å²) in [6.45, 7) is 5.61. The molecule has 2 amide bonds. The van der Waals surface area contributed by atoms with E-state index in [2.05, 4.69) is 15.1 Å². The zero-order valence-corrected chi connectivity index (χ0v) is 14.7. The van der Waals surface area contributed by atoms with E-state index in [-0.39, 0.29) is 17.7 Å². The minimum Gasteiger partial charge on any atom is -0.353 e. The van der Waals surface area contributed by atoms with E-state index in [4.69, 9.17) is 0 Å². The predicted octanol–water partition coefficient (Wildman–Crippen LogP) is 0.835.